The molecule has 0 saturated carbocycles. The van der Waals surface area contributed by atoms with Gasteiger partial charge in [0.05, 0.1) is 34.2 Å². The van der Waals surface area contributed by atoms with Crippen LogP contribution in [0.15, 0.2) is 82.7 Å². The predicted molar refractivity (Wildman–Crippen MR) is 159 cm³/mol. The van der Waals surface area contributed by atoms with E-state index in [2.05, 4.69) is 20.9 Å². The van der Waals surface area contributed by atoms with Crippen LogP contribution in [0, 0.1) is 5.92 Å². The van der Waals surface area contributed by atoms with Gasteiger partial charge in [-0.2, -0.15) is 0 Å². The second-order valence-corrected chi connectivity index (χ2v) is 12.7. The van der Waals surface area contributed by atoms with Gasteiger partial charge in [-0.1, -0.05) is 12.1 Å². The highest BCUT2D eigenvalue weighted by molar-refractivity contribution is 7.91. The number of hydrogen-bond acceptors (Lipinski definition) is 8. The lowest BCUT2D eigenvalue weighted by atomic mass is 10.1. The Balaban J connectivity index is 0.00000337. The molecule has 12 heteroatoms. The Labute approximate surface area is 247 Å². The third-order valence-corrected chi connectivity index (χ3v) is 9.84. The molecule has 4 aromatic rings. The minimum Gasteiger partial charge on any atom is -0.493 e. The SMILES string of the molecule is Cl.O=C(NCc1cnc(-c2ccc(OC[C@H]3CCNC3)cc2)s1)c1ccc2c(c1)NC(=O)c1ccccc1S2(=O)=O. The molecule has 0 bridgehead atoms. The van der Waals surface area contributed by atoms with Gasteiger partial charge in [0.1, 0.15) is 10.8 Å². The highest BCUT2D eigenvalue weighted by Gasteiger charge is 2.31. The molecule has 212 valence electrons. The molecular formula is C29H27ClN4O5S2. The van der Waals surface area contributed by atoms with Crippen LogP contribution < -0.4 is 20.7 Å². The maximum Gasteiger partial charge on any atom is 0.257 e. The number of thiazole rings is 1. The van der Waals surface area contributed by atoms with Crippen molar-refractivity contribution < 1.29 is 22.7 Å². The van der Waals surface area contributed by atoms with Gasteiger partial charge in [0.25, 0.3) is 11.8 Å². The molecule has 2 aliphatic heterocycles. The summed E-state index contributed by atoms with van der Waals surface area (Å²) in [6.45, 7) is 2.99. The van der Waals surface area contributed by atoms with E-state index in [1.54, 1.807) is 18.3 Å². The fourth-order valence-corrected chi connectivity index (χ4v) is 7.21. The highest BCUT2D eigenvalue weighted by Crippen LogP contribution is 2.34. The number of hydrogen-bond donors (Lipinski definition) is 3. The largest absolute Gasteiger partial charge is 0.493 e. The van der Waals surface area contributed by atoms with E-state index in [0.29, 0.717) is 12.5 Å². The number of aromatic nitrogens is 1. The number of rotatable bonds is 7. The normalized spacial score (nSPS) is 16.9. The Morgan fingerprint density at radius 2 is 1.88 bits per heavy atom. The Morgan fingerprint density at radius 3 is 2.66 bits per heavy atom. The average Bonchev–Trinajstić information content (AvgIpc) is 3.66. The molecule has 2 amide bonds. The van der Waals surface area contributed by atoms with Crippen LogP contribution in [-0.4, -0.2) is 44.9 Å². The first kappa shape index (κ1) is 28.7. The fourth-order valence-electron chi connectivity index (χ4n) is 4.76. The number of halogens is 1. The predicted octanol–water partition coefficient (Wildman–Crippen LogP) is 4.55. The van der Waals surface area contributed by atoms with E-state index in [9.17, 15) is 18.0 Å². The number of amides is 2. The van der Waals surface area contributed by atoms with E-state index in [1.165, 1.54) is 41.7 Å². The molecule has 41 heavy (non-hydrogen) atoms. The van der Waals surface area contributed by atoms with Crippen molar-refractivity contribution >= 4 is 51.1 Å². The summed E-state index contributed by atoms with van der Waals surface area (Å²) >= 11 is 1.47. The number of nitrogens with one attached hydrogen (secondary N) is 3. The molecule has 1 atom stereocenters. The van der Waals surface area contributed by atoms with Gasteiger partial charge in [0.15, 0.2) is 0 Å². The zero-order chi connectivity index (χ0) is 27.7. The van der Waals surface area contributed by atoms with Crippen molar-refractivity contribution in [1.82, 2.24) is 15.6 Å². The number of benzene rings is 3. The minimum absolute atomic E-state index is 0. The van der Waals surface area contributed by atoms with Gasteiger partial charge in [-0.3, -0.25) is 9.59 Å². The number of sulfone groups is 1. The van der Waals surface area contributed by atoms with E-state index < -0.39 is 21.7 Å². The van der Waals surface area contributed by atoms with Gasteiger partial charge in [0.2, 0.25) is 9.84 Å². The molecule has 3 aromatic carbocycles. The second kappa shape index (κ2) is 12.0. The molecule has 0 radical (unpaired) electrons. The molecule has 1 fully saturated rings. The minimum atomic E-state index is -3.93. The van der Waals surface area contributed by atoms with Crippen molar-refractivity contribution in [3.8, 4) is 16.3 Å². The zero-order valence-corrected chi connectivity index (χ0v) is 24.2. The number of nitrogens with zero attached hydrogens (tertiary/aromatic N) is 1. The maximum absolute atomic E-state index is 13.2. The number of fused-ring (bicyclic) bond motifs is 2. The first-order valence-corrected chi connectivity index (χ1v) is 15.1. The summed E-state index contributed by atoms with van der Waals surface area (Å²) in [5.41, 5.74) is 1.32. The summed E-state index contributed by atoms with van der Waals surface area (Å²) < 4.78 is 32.2. The third-order valence-electron chi connectivity index (χ3n) is 6.93. The van der Waals surface area contributed by atoms with Crippen molar-refractivity contribution in [3.05, 3.63) is 88.9 Å². The summed E-state index contributed by atoms with van der Waals surface area (Å²) in [5, 5.41) is 9.65. The van der Waals surface area contributed by atoms with Crippen LogP contribution >= 0.6 is 23.7 Å². The molecule has 3 N–H and O–H groups in total. The number of anilines is 1. The highest BCUT2D eigenvalue weighted by atomic mass is 35.5. The number of carbonyl (C=O) groups is 2. The summed E-state index contributed by atoms with van der Waals surface area (Å²) in [4.78, 5) is 30.8. The summed E-state index contributed by atoms with van der Waals surface area (Å²) in [7, 11) is -3.93. The van der Waals surface area contributed by atoms with Gasteiger partial charge in [0, 0.05) is 34.7 Å². The Bertz CT molecular complexity index is 1700. The standard InChI is InChI=1S/C29H26N4O5S2.ClH/c34-27(20-7-10-26-24(13-20)33-28(35)23-3-1-2-4-25(23)40(26,36)37)31-15-22-16-32-29(39-22)19-5-8-21(9-6-19)38-17-18-11-12-30-14-18;/h1-10,13,16,18,30H,11-12,14-15,17H2,(H,31,34)(H,33,35);1H/t18-;/m0./s1. The van der Waals surface area contributed by atoms with Crippen LogP contribution in [0.25, 0.3) is 10.6 Å². The van der Waals surface area contributed by atoms with Crippen LogP contribution in [0.5, 0.6) is 5.75 Å². The lowest BCUT2D eigenvalue weighted by Crippen LogP contribution is -2.22. The van der Waals surface area contributed by atoms with Gasteiger partial charge in [-0.05, 0) is 67.6 Å². The van der Waals surface area contributed by atoms with Gasteiger partial charge < -0.3 is 20.7 Å². The lowest BCUT2D eigenvalue weighted by molar-refractivity contribution is 0.0949. The Kier molecular flexibility index (Phi) is 8.41. The van der Waals surface area contributed by atoms with Crippen molar-refractivity contribution in [3.63, 3.8) is 0 Å². The quantitative estimate of drug-likeness (QED) is 0.280. The monoisotopic (exact) mass is 610 g/mol. The second-order valence-electron chi connectivity index (χ2n) is 9.67. The summed E-state index contributed by atoms with van der Waals surface area (Å²) in [6.07, 6.45) is 2.86. The topological polar surface area (TPSA) is 126 Å². The molecule has 2 aliphatic rings. The number of ether oxygens (including phenoxy) is 1. The van der Waals surface area contributed by atoms with Crippen LogP contribution in [0.4, 0.5) is 5.69 Å². The zero-order valence-electron chi connectivity index (χ0n) is 21.8. The smallest absolute Gasteiger partial charge is 0.257 e. The lowest BCUT2D eigenvalue weighted by Gasteiger charge is -2.11. The number of carbonyl (C=O) groups excluding carboxylic acids is 2. The molecule has 3 heterocycles. The molecule has 9 nitrogen and oxygen atoms in total. The van der Waals surface area contributed by atoms with E-state index in [-0.39, 0.29) is 45.6 Å². The van der Waals surface area contributed by atoms with Crippen LogP contribution in [-0.2, 0) is 16.4 Å². The molecule has 1 aromatic heterocycles. The van der Waals surface area contributed by atoms with Crippen molar-refractivity contribution in [2.75, 3.05) is 25.0 Å². The van der Waals surface area contributed by atoms with E-state index in [4.69, 9.17) is 4.74 Å². The summed E-state index contributed by atoms with van der Waals surface area (Å²) in [6, 6.07) is 18.0. The summed E-state index contributed by atoms with van der Waals surface area (Å²) in [5.74, 6) is 0.433. The molecule has 6 rings (SSSR count). The Hall–Kier alpha value is -3.77. The van der Waals surface area contributed by atoms with E-state index in [1.807, 2.05) is 24.3 Å². The molecule has 1 saturated heterocycles. The molecule has 0 aliphatic carbocycles. The van der Waals surface area contributed by atoms with Crippen molar-refractivity contribution in [2.24, 2.45) is 5.92 Å². The molecular weight excluding hydrogens is 584 g/mol. The van der Waals surface area contributed by atoms with Crippen molar-refractivity contribution in [1.29, 1.82) is 0 Å². The van der Waals surface area contributed by atoms with Gasteiger partial charge >= 0.3 is 0 Å². The molecule has 0 unspecified atom stereocenters. The first-order chi connectivity index (χ1) is 19.4. The maximum atomic E-state index is 13.2. The van der Waals surface area contributed by atoms with Crippen molar-refractivity contribution in [2.45, 2.75) is 22.8 Å². The van der Waals surface area contributed by atoms with Gasteiger partial charge in [-0.15, -0.1) is 23.7 Å². The van der Waals surface area contributed by atoms with Crippen LogP contribution in [0.1, 0.15) is 32.0 Å². The van der Waals surface area contributed by atoms with Crippen LogP contribution in [0.2, 0.25) is 0 Å². The first-order valence-electron chi connectivity index (χ1n) is 12.8. The fraction of sp³-hybridized carbons (Fsp3) is 0.207. The van der Waals surface area contributed by atoms with E-state index in [0.717, 1.165) is 40.7 Å². The molecule has 0 spiro atoms. The average molecular weight is 611 g/mol. The van der Waals surface area contributed by atoms with Gasteiger partial charge in [-0.25, -0.2) is 13.4 Å². The Morgan fingerprint density at radius 1 is 1.07 bits per heavy atom. The van der Waals surface area contributed by atoms with E-state index >= 15 is 0 Å². The third kappa shape index (κ3) is 5.98. The van der Waals surface area contributed by atoms with Crippen LogP contribution in [0.3, 0.4) is 0 Å².